The molecule has 2 rings (SSSR count). The van der Waals surface area contributed by atoms with Gasteiger partial charge in [0, 0.05) is 23.3 Å². The first-order valence-electron chi connectivity index (χ1n) is 6.44. The number of nitrogen functional groups attached to an aromatic ring is 1. The lowest BCUT2D eigenvalue weighted by Gasteiger charge is -2.15. The largest absolute Gasteiger partial charge is 0.398 e. The summed E-state index contributed by atoms with van der Waals surface area (Å²) in [5, 5.41) is 0. The summed E-state index contributed by atoms with van der Waals surface area (Å²) in [6.45, 7) is 1.76. The van der Waals surface area contributed by atoms with E-state index in [-0.39, 0.29) is 17.0 Å². The fraction of sp³-hybridized carbons (Fsp3) is 0.538. The van der Waals surface area contributed by atoms with E-state index in [2.05, 4.69) is 20.7 Å². The van der Waals surface area contributed by atoms with E-state index in [9.17, 15) is 8.42 Å². The molecule has 2 unspecified atom stereocenters. The van der Waals surface area contributed by atoms with E-state index < -0.39 is 10.0 Å². The van der Waals surface area contributed by atoms with Crippen LogP contribution in [-0.2, 0) is 14.8 Å². The molecule has 1 aromatic rings. The minimum absolute atomic E-state index is 0.0748. The first-order valence-corrected chi connectivity index (χ1v) is 8.72. The molecule has 0 saturated heterocycles. The van der Waals surface area contributed by atoms with Crippen LogP contribution in [0.1, 0.15) is 24.8 Å². The third kappa shape index (κ3) is 3.33. The molecule has 1 aromatic carbocycles. The summed E-state index contributed by atoms with van der Waals surface area (Å²) in [5.41, 5.74) is 6.86. The summed E-state index contributed by atoms with van der Waals surface area (Å²) in [4.78, 5) is 0.235. The first kappa shape index (κ1) is 15.8. The van der Waals surface area contributed by atoms with E-state index in [4.69, 9.17) is 10.5 Å². The average Bonchev–Trinajstić information content (AvgIpc) is 2.80. The monoisotopic (exact) mass is 362 g/mol. The van der Waals surface area contributed by atoms with Gasteiger partial charge >= 0.3 is 0 Å². The van der Waals surface area contributed by atoms with Crippen molar-refractivity contribution in [1.82, 2.24) is 4.72 Å². The molecule has 2 atom stereocenters. The Balaban J connectivity index is 2.21. The molecule has 112 valence electrons. The van der Waals surface area contributed by atoms with Crippen molar-refractivity contribution in [2.45, 2.75) is 43.2 Å². The second kappa shape index (κ2) is 6.01. The van der Waals surface area contributed by atoms with Crippen molar-refractivity contribution in [2.24, 2.45) is 0 Å². The summed E-state index contributed by atoms with van der Waals surface area (Å²) in [5.74, 6) is 0. The third-order valence-electron chi connectivity index (χ3n) is 3.62. The number of aryl methyl sites for hydroxylation is 1. The van der Waals surface area contributed by atoms with Crippen molar-refractivity contribution >= 4 is 31.6 Å². The molecule has 3 N–H and O–H groups in total. The predicted octanol–water partition coefficient (Wildman–Crippen LogP) is 2.19. The second-order valence-electron chi connectivity index (χ2n) is 5.13. The van der Waals surface area contributed by atoms with Crippen LogP contribution < -0.4 is 10.5 Å². The van der Waals surface area contributed by atoms with E-state index in [0.717, 1.165) is 12.8 Å². The molecule has 0 bridgehead atoms. The highest BCUT2D eigenvalue weighted by Gasteiger charge is 2.29. The lowest BCUT2D eigenvalue weighted by atomic mass is 10.2. The molecule has 7 heteroatoms. The van der Waals surface area contributed by atoms with Gasteiger partial charge in [-0.1, -0.05) is 0 Å². The van der Waals surface area contributed by atoms with E-state index >= 15 is 0 Å². The van der Waals surface area contributed by atoms with Gasteiger partial charge in [-0.15, -0.1) is 0 Å². The minimum atomic E-state index is -3.55. The number of nitrogens with one attached hydrogen (secondary N) is 1. The van der Waals surface area contributed by atoms with Gasteiger partial charge in [-0.25, -0.2) is 13.1 Å². The molecule has 0 aliphatic heterocycles. The van der Waals surface area contributed by atoms with Crippen molar-refractivity contribution in [3.05, 3.63) is 22.2 Å². The number of halogens is 1. The first-order chi connectivity index (χ1) is 9.33. The normalized spacial score (nSPS) is 23.1. The van der Waals surface area contributed by atoms with Crippen LogP contribution in [0, 0.1) is 6.92 Å². The third-order valence-corrected chi connectivity index (χ3v) is 5.97. The van der Waals surface area contributed by atoms with Gasteiger partial charge in [0.2, 0.25) is 10.0 Å². The van der Waals surface area contributed by atoms with Crippen LogP contribution in [-0.4, -0.2) is 27.7 Å². The summed E-state index contributed by atoms with van der Waals surface area (Å²) in [7, 11) is -1.90. The zero-order valence-corrected chi connectivity index (χ0v) is 13.9. The van der Waals surface area contributed by atoms with Crippen molar-refractivity contribution in [3.63, 3.8) is 0 Å². The number of hydrogen-bond acceptors (Lipinski definition) is 4. The Hall–Kier alpha value is -0.630. The van der Waals surface area contributed by atoms with Gasteiger partial charge in [-0.2, -0.15) is 0 Å². The zero-order chi connectivity index (χ0) is 14.9. The van der Waals surface area contributed by atoms with Gasteiger partial charge in [0.25, 0.3) is 0 Å². The van der Waals surface area contributed by atoms with Gasteiger partial charge < -0.3 is 10.5 Å². The number of rotatable bonds is 4. The molecule has 20 heavy (non-hydrogen) atoms. The maximum absolute atomic E-state index is 12.4. The Kier molecular flexibility index (Phi) is 4.73. The molecular formula is C13H19BrN2O3S. The number of hydrogen-bond donors (Lipinski definition) is 2. The second-order valence-corrected chi connectivity index (χ2v) is 7.66. The number of anilines is 1. The van der Waals surface area contributed by atoms with Crippen molar-refractivity contribution < 1.29 is 13.2 Å². The van der Waals surface area contributed by atoms with Crippen LogP contribution in [0.2, 0.25) is 0 Å². The lowest BCUT2D eigenvalue weighted by molar-refractivity contribution is 0.107. The van der Waals surface area contributed by atoms with Crippen LogP contribution in [0.3, 0.4) is 0 Å². The Labute approximate surface area is 128 Å². The fourth-order valence-corrected chi connectivity index (χ4v) is 4.50. The van der Waals surface area contributed by atoms with Crippen LogP contribution in [0.15, 0.2) is 21.5 Å². The highest BCUT2D eigenvalue weighted by Crippen LogP contribution is 2.28. The average molecular weight is 363 g/mol. The van der Waals surface area contributed by atoms with Crippen molar-refractivity contribution in [1.29, 1.82) is 0 Å². The van der Waals surface area contributed by atoms with Crippen LogP contribution in [0.4, 0.5) is 5.69 Å². The number of methoxy groups -OCH3 is 1. The van der Waals surface area contributed by atoms with E-state index in [1.807, 2.05) is 0 Å². The highest BCUT2D eigenvalue weighted by atomic mass is 79.9. The molecule has 0 radical (unpaired) electrons. The number of benzene rings is 1. The number of sulfonamides is 1. The molecule has 0 aromatic heterocycles. The van der Waals surface area contributed by atoms with Gasteiger partial charge in [0.15, 0.2) is 0 Å². The molecule has 1 aliphatic rings. The highest BCUT2D eigenvalue weighted by molar-refractivity contribution is 9.10. The predicted molar refractivity (Wildman–Crippen MR) is 82.0 cm³/mol. The summed E-state index contributed by atoms with van der Waals surface area (Å²) >= 11 is 3.30. The van der Waals surface area contributed by atoms with Gasteiger partial charge in [0.1, 0.15) is 0 Å². The molecular weight excluding hydrogens is 344 g/mol. The molecule has 5 nitrogen and oxygen atoms in total. The Morgan fingerprint density at radius 1 is 1.40 bits per heavy atom. The summed E-state index contributed by atoms with van der Waals surface area (Å²) < 4.78 is 33.6. The van der Waals surface area contributed by atoms with Gasteiger partial charge in [-0.05, 0) is 59.8 Å². The quantitative estimate of drug-likeness (QED) is 0.804. The Bertz CT molecular complexity index is 604. The number of ether oxygens (including phenoxy) is 1. The maximum atomic E-state index is 12.4. The van der Waals surface area contributed by atoms with E-state index in [1.165, 1.54) is 6.07 Å². The topological polar surface area (TPSA) is 81.4 Å². The van der Waals surface area contributed by atoms with Crippen molar-refractivity contribution in [3.8, 4) is 0 Å². The minimum Gasteiger partial charge on any atom is -0.398 e. The molecule has 0 spiro atoms. The van der Waals surface area contributed by atoms with E-state index in [0.29, 0.717) is 22.1 Å². The zero-order valence-electron chi connectivity index (χ0n) is 11.5. The van der Waals surface area contributed by atoms with Crippen LogP contribution >= 0.6 is 15.9 Å². The smallest absolute Gasteiger partial charge is 0.241 e. The van der Waals surface area contributed by atoms with Crippen LogP contribution in [0.5, 0.6) is 0 Å². The maximum Gasteiger partial charge on any atom is 0.241 e. The van der Waals surface area contributed by atoms with E-state index in [1.54, 1.807) is 20.1 Å². The van der Waals surface area contributed by atoms with Crippen molar-refractivity contribution in [2.75, 3.05) is 12.8 Å². The molecule has 1 aliphatic carbocycles. The van der Waals surface area contributed by atoms with Gasteiger partial charge in [0.05, 0.1) is 11.0 Å². The molecule has 0 amide bonds. The lowest BCUT2D eigenvalue weighted by Crippen LogP contribution is -2.33. The standard InChI is InChI=1S/C13H19BrN2O3S/c1-8-5-11(14)12(15)7-13(8)20(17,18)16-9-3-4-10(6-9)19-2/h5,7,9-10,16H,3-4,6,15H2,1-2H3. The SMILES string of the molecule is COC1CCC(NS(=O)(=O)c2cc(N)c(Br)cc2C)C1. The molecule has 1 saturated carbocycles. The fourth-order valence-electron chi connectivity index (χ4n) is 2.50. The summed E-state index contributed by atoms with van der Waals surface area (Å²) in [6.07, 6.45) is 2.52. The Morgan fingerprint density at radius 3 is 2.70 bits per heavy atom. The summed E-state index contributed by atoms with van der Waals surface area (Å²) in [6, 6.07) is 3.13. The molecule has 1 fully saturated rings. The number of nitrogens with two attached hydrogens (primary N) is 1. The van der Waals surface area contributed by atoms with Gasteiger partial charge in [-0.3, -0.25) is 0 Å². The molecule has 0 heterocycles. The Morgan fingerprint density at radius 2 is 2.10 bits per heavy atom. The van der Waals surface area contributed by atoms with Crippen LogP contribution in [0.25, 0.3) is 0 Å².